The van der Waals surface area contributed by atoms with Gasteiger partial charge in [0.05, 0.1) is 0 Å². The minimum Gasteiger partial charge on any atom is -0.342 e. The molecule has 0 aromatic heterocycles. The van der Waals surface area contributed by atoms with Gasteiger partial charge in [0, 0.05) is 25.6 Å². The summed E-state index contributed by atoms with van der Waals surface area (Å²) in [7, 11) is 0. The van der Waals surface area contributed by atoms with Crippen molar-refractivity contribution in [1.82, 2.24) is 4.90 Å². The molecule has 0 spiro atoms. The highest BCUT2D eigenvalue weighted by Gasteiger charge is 2.36. The number of rotatable bonds is 2. The minimum atomic E-state index is 0.0406. The third-order valence-corrected chi connectivity index (χ3v) is 4.62. The van der Waals surface area contributed by atoms with Gasteiger partial charge in [-0.1, -0.05) is 41.5 Å². The summed E-state index contributed by atoms with van der Waals surface area (Å²) in [5.41, 5.74) is 6.34. The van der Waals surface area contributed by atoms with Crippen LogP contribution in [0, 0.1) is 16.7 Å². The number of nitrogens with zero attached hydrogens (tertiary/aromatic N) is 1. The van der Waals surface area contributed by atoms with Crippen LogP contribution in [0.15, 0.2) is 0 Å². The van der Waals surface area contributed by atoms with E-state index in [1.54, 1.807) is 0 Å². The molecule has 1 amide bonds. The van der Waals surface area contributed by atoms with Crippen molar-refractivity contribution < 1.29 is 4.79 Å². The molecule has 0 radical (unpaired) electrons. The molecule has 2 atom stereocenters. The lowest BCUT2D eigenvalue weighted by Gasteiger charge is -2.43. The summed E-state index contributed by atoms with van der Waals surface area (Å²) in [6, 6.07) is 0.210. The van der Waals surface area contributed by atoms with Crippen molar-refractivity contribution in [2.45, 2.75) is 60.4 Å². The van der Waals surface area contributed by atoms with Crippen LogP contribution in [0.4, 0.5) is 0 Å². The molecule has 1 rings (SSSR count). The van der Waals surface area contributed by atoms with Gasteiger partial charge in [-0.25, -0.2) is 0 Å². The molecule has 0 saturated carbocycles. The minimum absolute atomic E-state index is 0.0406. The van der Waals surface area contributed by atoms with E-state index in [0.29, 0.717) is 12.3 Å². The maximum atomic E-state index is 12.3. The predicted molar refractivity (Wildman–Crippen MR) is 76.2 cm³/mol. The van der Waals surface area contributed by atoms with Gasteiger partial charge in [0.15, 0.2) is 0 Å². The van der Waals surface area contributed by atoms with Crippen LogP contribution in [-0.2, 0) is 4.79 Å². The zero-order valence-electron chi connectivity index (χ0n) is 12.9. The molecule has 3 heteroatoms. The molecule has 1 fully saturated rings. The standard InChI is InChI=1S/C15H30N2O/c1-11(14(2,3)4)9-13(18)17-8-7-12(16)15(5,6)10-17/h11-12H,7-10,16H2,1-6H3. The van der Waals surface area contributed by atoms with Crippen LogP contribution >= 0.6 is 0 Å². The van der Waals surface area contributed by atoms with E-state index in [1.165, 1.54) is 0 Å². The second-order valence-corrected chi connectivity index (χ2v) is 7.67. The van der Waals surface area contributed by atoms with Crippen LogP contribution in [0.1, 0.15) is 54.4 Å². The second-order valence-electron chi connectivity index (χ2n) is 7.67. The van der Waals surface area contributed by atoms with Gasteiger partial charge < -0.3 is 10.6 Å². The Balaban J connectivity index is 2.59. The van der Waals surface area contributed by atoms with Gasteiger partial charge in [-0.15, -0.1) is 0 Å². The van der Waals surface area contributed by atoms with Gasteiger partial charge in [-0.3, -0.25) is 4.79 Å². The molecule has 2 unspecified atom stereocenters. The van der Waals surface area contributed by atoms with E-state index in [9.17, 15) is 4.79 Å². The maximum absolute atomic E-state index is 12.3. The lowest BCUT2D eigenvalue weighted by molar-refractivity contribution is -0.136. The Bertz CT molecular complexity index is 304. The highest BCUT2D eigenvalue weighted by molar-refractivity contribution is 5.76. The largest absolute Gasteiger partial charge is 0.342 e. The Hall–Kier alpha value is -0.570. The lowest BCUT2D eigenvalue weighted by atomic mass is 9.78. The van der Waals surface area contributed by atoms with Crippen LogP contribution in [-0.4, -0.2) is 29.9 Å². The molecule has 1 aliphatic rings. The molecule has 0 aliphatic carbocycles. The molecular formula is C15H30N2O. The van der Waals surface area contributed by atoms with Crippen LogP contribution < -0.4 is 5.73 Å². The average molecular weight is 254 g/mol. The van der Waals surface area contributed by atoms with Crippen molar-refractivity contribution in [3.05, 3.63) is 0 Å². The third kappa shape index (κ3) is 3.71. The SMILES string of the molecule is CC(CC(=O)N1CCC(N)C(C)(C)C1)C(C)(C)C. The molecule has 2 N–H and O–H groups in total. The van der Waals surface area contributed by atoms with Crippen LogP contribution in [0.5, 0.6) is 0 Å². The first kappa shape index (κ1) is 15.5. The molecular weight excluding hydrogens is 224 g/mol. The number of hydrogen-bond donors (Lipinski definition) is 1. The van der Waals surface area contributed by atoms with E-state index in [4.69, 9.17) is 5.73 Å². The number of likely N-dealkylation sites (tertiary alicyclic amines) is 1. The summed E-state index contributed by atoms with van der Waals surface area (Å²) in [4.78, 5) is 14.3. The summed E-state index contributed by atoms with van der Waals surface area (Å²) in [6.07, 6.45) is 1.57. The zero-order chi connectivity index (χ0) is 14.1. The Labute approximate surface area is 112 Å². The first-order valence-corrected chi connectivity index (χ1v) is 7.07. The smallest absolute Gasteiger partial charge is 0.222 e. The normalized spacial score (nSPS) is 25.9. The number of carbonyl (C=O) groups is 1. The van der Waals surface area contributed by atoms with Crippen molar-refractivity contribution >= 4 is 5.91 Å². The van der Waals surface area contributed by atoms with E-state index < -0.39 is 0 Å². The van der Waals surface area contributed by atoms with Crippen LogP contribution in [0.3, 0.4) is 0 Å². The summed E-state index contributed by atoms with van der Waals surface area (Å²) in [6.45, 7) is 14.7. The van der Waals surface area contributed by atoms with E-state index in [-0.39, 0.29) is 22.8 Å². The van der Waals surface area contributed by atoms with Crippen molar-refractivity contribution in [3.63, 3.8) is 0 Å². The average Bonchev–Trinajstić information content (AvgIpc) is 2.20. The fourth-order valence-electron chi connectivity index (χ4n) is 2.28. The van der Waals surface area contributed by atoms with Gasteiger partial charge in [-0.2, -0.15) is 0 Å². The fourth-order valence-corrected chi connectivity index (χ4v) is 2.28. The fraction of sp³-hybridized carbons (Fsp3) is 0.933. The van der Waals surface area contributed by atoms with E-state index in [1.807, 2.05) is 4.90 Å². The Kier molecular flexibility index (Phi) is 4.47. The van der Waals surface area contributed by atoms with Gasteiger partial charge in [-0.05, 0) is 23.2 Å². The van der Waals surface area contributed by atoms with Gasteiger partial charge >= 0.3 is 0 Å². The van der Waals surface area contributed by atoms with E-state index in [0.717, 1.165) is 19.5 Å². The molecule has 3 nitrogen and oxygen atoms in total. The zero-order valence-corrected chi connectivity index (χ0v) is 12.9. The van der Waals surface area contributed by atoms with Crippen molar-refractivity contribution in [1.29, 1.82) is 0 Å². The number of amides is 1. The van der Waals surface area contributed by atoms with Crippen molar-refractivity contribution in [3.8, 4) is 0 Å². The monoisotopic (exact) mass is 254 g/mol. The first-order valence-electron chi connectivity index (χ1n) is 7.07. The summed E-state index contributed by atoms with van der Waals surface area (Å²) >= 11 is 0. The van der Waals surface area contributed by atoms with Crippen LogP contribution in [0.25, 0.3) is 0 Å². The molecule has 1 saturated heterocycles. The number of nitrogens with two attached hydrogens (primary N) is 1. The molecule has 1 heterocycles. The Morgan fingerprint density at radius 1 is 1.44 bits per heavy atom. The molecule has 0 aromatic carbocycles. The molecule has 1 aliphatic heterocycles. The third-order valence-electron chi connectivity index (χ3n) is 4.62. The molecule has 0 aromatic rings. The summed E-state index contributed by atoms with van der Waals surface area (Å²) < 4.78 is 0. The predicted octanol–water partition coefficient (Wildman–Crippen LogP) is 2.64. The van der Waals surface area contributed by atoms with Crippen LogP contribution in [0.2, 0.25) is 0 Å². The highest BCUT2D eigenvalue weighted by atomic mass is 16.2. The quantitative estimate of drug-likeness (QED) is 0.823. The maximum Gasteiger partial charge on any atom is 0.222 e. The van der Waals surface area contributed by atoms with Crippen molar-refractivity contribution in [2.75, 3.05) is 13.1 Å². The van der Waals surface area contributed by atoms with Crippen molar-refractivity contribution in [2.24, 2.45) is 22.5 Å². The first-order chi connectivity index (χ1) is 8.04. The topological polar surface area (TPSA) is 46.3 Å². The summed E-state index contributed by atoms with van der Waals surface area (Å²) in [5, 5.41) is 0. The second kappa shape index (κ2) is 5.20. The van der Waals surface area contributed by atoms with E-state index >= 15 is 0 Å². The molecule has 0 bridgehead atoms. The van der Waals surface area contributed by atoms with E-state index in [2.05, 4.69) is 41.5 Å². The number of piperidine rings is 1. The van der Waals surface area contributed by atoms with Gasteiger partial charge in [0.25, 0.3) is 0 Å². The number of hydrogen-bond acceptors (Lipinski definition) is 2. The Morgan fingerprint density at radius 2 is 2.00 bits per heavy atom. The summed E-state index contributed by atoms with van der Waals surface area (Å²) in [5.74, 6) is 0.695. The lowest BCUT2D eigenvalue weighted by Crippen LogP contribution is -2.54. The molecule has 106 valence electrons. The number of carbonyl (C=O) groups excluding carboxylic acids is 1. The highest BCUT2D eigenvalue weighted by Crippen LogP contribution is 2.31. The molecule has 18 heavy (non-hydrogen) atoms. The van der Waals surface area contributed by atoms with Gasteiger partial charge in [0.1, 0.15) is 0 Å². The van der Waals surface area contributed by atoms with Gasteiger partial charge in [0.2, 0.25) is 5.91 Å². The Morgan fingerprint density at radius 3 is 2.44 bits per heavy atom.